The molecular formula is C14H21ClN2O2S. The fraction of sp³-hybridized carbons (Fsp3) is 0.571. The Morgan fingerprint density at radius 1 is 1.45 bits per heavy atom. The molecule has 1 fully saturated rings. The van der Waals surface area contributed by atoms with Crippen molar-refractivity contribution in [2.75, 3.05) is 19.6 Å². The van der Waals surface area contributed by atoms with Crippen molar-refractivity contribution in [3.05, 3.63) is 28.8 Å². The Labute approximate surface area is 126 Å². The molecule has 1 heterocycles. The number of sulfonamides is 1. The lowest BCUT2D eigenvalue weighted by molar-refractivity contribution is 0.238. The van der Waals surface area contributed by atoms with E-state index in [1.165, 1.54) is 0 Å². The van der Waals surface area contributed by atoms with E-state index in [0.29, 0.717) is 17.1 Å². The summed E-state index contributed by atoms with van der Waals surface area (Å²) in [5.41, 5.74) is 0.561. The zero-order valence-corrected chi connectivity index (χ0v) is 13.4. The van der Waals surface area contributed by atoms with E-state index in [1.54, 1.807) is 25.1 Å². The minimum Gasteiger partial charge on any atom is -0.316 e. The van der Waals surface area contributed by atoms with E-state index in [2.05, 4.69) is 17.0 Å². The lowest BCUT2D eigenvalue weighted by Crippen LogP contribution is -2.45. The molecule has 2 rings (SSSR count). The van der Waals surface area contributed by atoms with Gasteiger partial charge in [0.05, 0.1) is 4.90 Å². The second kappa shape index (κ2) is 6.02. The molecule has 1 unspecified atom stereocenters. The summed E-state index contributed by atoms with van der Waals surface area (Å²) >= 11 is 5.99. The molecule has 20 heavy (non-hydrogen) atoms. The molecule has 0 amide bonds. The van der Waals surface area contributed by atoms with Crippen molar-refractivity contribution in [1.29, 1.82) is 0 Å². The maximum Gasteiger partial charge on any atom is 0.240 e. The van der Waals surface area contributed by atoms with Crippen LogP contribution >= 0.6 is 11.6 Å². The van der Waals surface area contributed by atoms with E-state index in [9.17, 15) is 8.42 Å². The normalized spacial score (nSPS) is 23.8. The summed E-state index contributed by atoms with van der Waals surface area (Å²) in [7, 11) is -3.51. The number of halogens is 1. The zero-order valence-electron chi connectivity index (χ0n) is 11.9. The van der Waals surface area contributed by atoms with Crippen LogP contribution in [0.4, 0.5) is 0 Å². The summed E-state index contributed by atoms with van der Waals surface area (Å²) in [5.74, 6) is 0. The van der Waals surface area contributed by atoms with Crippen molar-refractivity contribution in [2.24, 2.45) is 5.41 Å². The maximum absolute atomic E-state index is 12.4. The molecule has 1 aliphatic heterocycles. The average Bonchev–Trinajstić information content (AvgIpc) is 2.41. The van der Waals surface area contributed by atoms with Gasteiger partial charge in [0.25, 0.3) is 0 Å². The molecule has 1 aromatic carbocycles. The first kappa shape index (κ1) is 15.8. The second-order valence-corrected chi connectivity index (χ2v) is 7.92. The quantitative estimate of drug-likeness (QED) is 0.896. The number of hydrogen-bond acceptors (Lipinski definition) is 3. The molecule has 112 valence electrons. The van der Waals surface area contributed by atoms with Gasteiger partial charge in [-0.05, 0) is 49.4 Å². The first-order valence-electron chi connectivity index (χ1n) is 6.80. The fourth-order valence-electron chi connectivity index (χ4n) is 2.50. The van der Waals surface area contributed by atoms with Crippen molar-refractivity contribution in [2.45, 2.75) is 31.6 Å². The van der Waals surface area contributed by atoms with Crippen LogP contribution in [0.3, 0.4) is 0 Å². The lowest BCUT2D eigenvalue weighted by Gasteiger charge is -2.34. The van der Waals surface area contributed by atoms with E-state index in [-0.39, 0.29) is 10.3 Å². The van der Waals surface area contributed by atoms with Gasteiger partial charge in [0.1, 0.15) is 0 Å². The van der Waals surface area contributed by atoms with Crippen LogP contribution < -0.4 is 10.0 Å². The summed E-state index contributed by atoms with van der Waals surface area (Å²) in [6, 6.07) is 4.95. The van der Waals surface area contributed by atoms with Crippen LogP contribution in [-0.4, -0.2) is 28.1 Å². The molecule has 1 aromatic rings. The summed E-state index contributed by atoms with van der Waals surface area (Å²) in [4.78, 5) is 0.261. The Hall–Kier alpha value is -0.620. The van der Waals surface area contributed by atoms with Crippen molar-refractivity contribution >= 4 is 21.6 Å². The summed E-state index contributed by atoms with van der Waals surface area (Å²) in [6.07, 6.45) is 2.10. The minimum absolute atomic E-state index is 0.0300. The highest BCUT2D eigenvalue weighted by molar-refractivity contribution is 7.89. The van der Waals surface area contributed by atoms with Crippen LogP contribution in [-0.2, 0) is 10.0 Å². The standard InChI is InChI=1S/C14H21ClN2O2S/c1-11-12(15)5-3-6-13(11)20(18,19)17-10-14(2)7-4-8-16-9-14/h3,5-6,16-17H,4,7-10H2,1-2H3. The Morgan fingerprint density at radius 2 is 2.20 bits per heavy atom. The van der Waals surface area contributed by atoms with Gasteiger partial charge in [0.2, 0.25) is 10.0 Å². The third kappa shape index (κ3) is 3.52. The van der Waals surface area contributed by atoms with Gasteiger partial charge in [-0.2, -0.15) is 0 Å². The van der Waals surface area contributed by atoms with E-state index < -0.39 is 10.0 Å². The second-order valence-electron chi connectivity index (χ2n) is 5.78. The number of piperidine rings is 1. The van der Waals surface area contributed by atoms with Crippen molar-refractivity contribution in [1.82, 2.24) is 10.0 Å². The van der Waals surface area contributed by atoms with Gasteiger partial charge in [-0.1, -0.05) is 24.6 Å². The molecular weight excluding hydrogens is 296 g/mol. The predicted molar refractivity (Wildman–Crippen MR) is 81.6 cm³/mol. The van der Waals surface area contributed by atoms with E-state index >= 15 is 0 Å². The van der Waals surface area contributed by atoms with Crippen molar-refractivity contribution in [3.8, 4) is 0 Å². The molecule has 1 atom stereocenters. The molecule has 4 nitrogen and oxygen atoms in total. The van der Waals surface area contributed by atoms with E-state index in [4.69, 9.17) is 11.6 Å². The Kier molecular flexibility index (Phi) is 4.74. The van der Waals surface area contributed by atoms with Gasteiger partial charge in [0.15, 0.2) is 0 Å². The molecule has 0 aliphatic carbocycles. The monoisotopic (exact) mass is 316 g/mol. The van der Waals surface area contributed by atoms with Gasteiger partial charge in [-0.25, -0.2) is 13.1 Å². The summed E-state index contributed by atoms with van der Waals surface area (Å²) in [5, 5.41) is 3.79. The smallest absolute Gasteiger partial charge is 0.240 e. The third-order valence-corrected chi connectivity index (χ3v) is 5.84. The van der Waals surface area contributed by atoms with Crippen molar-refractivity contribution < 1.29 is 8.42 Å². The molecule has 1 aliphatic rings. The van der Waals surface area contributed by atoms with Gasteiger partial charge in [-0.3, -0.25) is 0 Å². The molecule has 2 N–H and O–H groups in total. The zero-order chi connectivity index (χ0) is 14.8. The molecule has 0 spiro atoms. The fourth-order valence-corrected chi connectivity index (χ4v) is 4.19. The van der Waals surface area contributed by atoms with E-state index in [0.717, 1.165) is 25.9 Å². The predicted octanol–water partition coefficient (Wildman–Crippen LogP) is 2.32. The van der Waals surface area contributed by atoms with Crippen LogP contribution in [0.2, 0.25) is 5.02 Å². The van der Waals surface area contributed by atoms with Crippen LogP contribution in [0.15, 0.2) is 23.1 Å². The van der Waals surface area contributed by atoms with Crippen LogP contribution in [0, 0.1) is 12.3 Å². The number of benzene rings is 1. The lowest BCUT2D eigenvalue weighted by atomic mass is 9.83. The van der Waals surface area contributed by atoms with E-state index in [1.807, 2.05) is 0 Å². The van der Waals surface area contributed by atoms with Crippen LogP contribution in [0.25, 0.3) is 0 Å². The number of hydrogen-bond donors (Lipinski definition) is 2. The first-order valence-corrected chi connectivity index (χ1v) is 8.66. The SMILES string of the molecule is Cc1c(Cl)cccc1S(=O)(=O)NCC1(C)CCCNC1. The van der Waals surface area contributed by atoms with Crippen LogP contribution in [0.1, 0.15) is 25.3 Å². The molecule has 0 radical (unpaired) electrons. The largest absolute Gasteiger partial charge is 0.316 e. The van der Waals surface area contributed by atoms with Crippen molar-refractivity contribution in [3.63, 3.8) is 0 Å². The topological polar surface area (TPSA) is 58.2 Å². The van der Waals surface area contributed by atoms with Gasteiger partial charge in [0, 0.05) is 18.1 Å². The van der Waals surface area contributed by atoms with Gasteiger partial charge >= 0.3 is 0 Å². The third-order valence-electron chi connectivity index (χ3n) is 3.88. The average molecular weight is 317 g/mol. The number of rotatable bonds is 4. The Bertz CT molecular complexity index is 581. The van der Waals surface area contributed by atoms with Crippen LogP contribution in [0.5, 0.6) is 0 Å². The highest BCUT2D eigenvalue weighted by Gasteiger charge is 2.29. The Morgan fingerprint density at radius 3 is 2.85 bits per heavy atom. The first-order chi connectivity index (χ1) is 9.34. The van der Waals surface area contributed by atoms with Gasteiger partial charge < -0.3 is 5.32 Å². The van der Waals surface area contributed by atoms with Gasteiger partial charge in [-0.15, -0.1) is 0 Å². The maximum atomic E-state index is 12.4. The molecule has 0 bridgehead atoms. The molecule has 0 aromatic heterocycles. The molecule has 0 saturated carbocycles. The number of nitrogens with one attached hydrogen (secondary N) is 2. The molecule has 1 saturated heterocycles. The summed E-state index contributed by atoms with van der Waals surface area (Å²) in [6.45, 7) is 6.11. The highest BCUT2D eigenvalue weighted by Crippen LogP contribution is 2.26. The summed E-state index contributed by atoms with van der Waals surface area (Å²) < 4.78 is 27.5. The molecule has 6 heteroatoms. The highest BCUT2D eigenvalue weighted by atomic mass is 35.5. The minimum atomic E-state index is -3.51. The Balaban J connectivity index is 2.13.